The number of aliphatic hydroxyl groups excluding tert-OH is 1. The monoisotopic (exact) mass is 363 g/mol. The lowest BCUT2D eigenvalue weighted by atomic mass is 9.64. The highest BCUT2D eigenvalue weighted by atomic mass is 16.5. The van der Waals surface area contributed by atoms with E-state index in [9.17, 15) is 9.90 Å². The van der Waals surface area contributed by atoms with Crippen molar-refractivity contribution in [2.45, 2.75) is 58.4 Å². The second-order valence-electron chi connectivity index (χ2n) is 8.56. The van der Waals surface area contributed by atoms with Crippen molar-refractivity contribution in [3.8, 4) is 11.5 Å². The van der Waals surface area contributed by atoms with Crippen LogP contribution in [0.4, 0.5) is 0 Å². The van der Waals surface area contributed by atoms with E-state index < -0.39 is 5.54 Å². The Bertz CT molecular complexity index is 606. The van der Waals surface area contributed by atoms with Crippen molar-refractivity contribution in [3.05, 3.63) is 23.8 Å². The fourth-order valence-corrected chi connectivity index (χ4v) is 4.62. The summed E-state index contributed by atoms with van der Waals surface area (Å²) in [7, 11) is 3.23. The third-order valence-electron chi connectivity index (χ3n) is 5.22. The van der Waals surface area contributed by atoms with Crippen LogP contribution in [0.1, 0.15) is 52.0 Å². The van der Waals surface area contributed by atoms with E-state index in [1.165, 1.54) is 0 Å². The summed E-state index contributed by atoms with van der Waals surface area (Å²) in [6.07, 6.45) is 3.71. The minimum absolute atomic E-state index is 0.0144. The first-order valence-corrected chi connectivity index (χ1v) is 9.35. The summed E-state index contributed by atoms with van der Waals surface area (Å²) in [6.45, 7) is 6.60. The van der Waals surface area contributed by atoms with Crippen molar-refractivity contribution in [2.24, 2.45) is 11.3 Å². The maximum Gasteiger partial charge on any atom is 0.220 e. The molecule has 1 aliphatic rings. The molecule has 1 aromatic rings. The summed E-state index contributed by atoms with van der Waals surface area (Å²) in [6, 6.07) is 5.66. The summed E-state index contributed by atoms with van der Waals surface area (Å²) < 4.78 is 10.6. The van der Waals surface area contributed by atoms with E-state index >= 15 is 0 Å². The Kier molecular flexibility index (Phi) is 6.56. The molecule has 0 spiro atoms. The number of methoxy groups -OCH3 is 2. The first-order chi connectivity index (χ1) is 12.2. The number of carbonyl (C=O) groups excluding carboxylic acids is 1. The molecule has 2 atom stereocenters. The number of amides is 1. The third kappa shape index (κ3) is 5.37. The first kappa shape index (κ1) is 20.6. The van der Waals surface area contributed by atoms with Gasteiger partial charge in [-0.15, -0.1) is 0 Å². The molecule has 0 saturated heterocycles. The molecular weight excluding hydrogens is 330 g/mol. The Hall–Kier alpha value is -1.75. The molecule has 1 aromatic carbocycles. The molecule has 1 amide bonds. The lowest BCUT2D eigenvalue weighted by Crippen LogP contribution is -2.57. The highest BCUT2D eigenvalue weighted by Crippen LogP contribution is 2.43. The van der Waals surface area contributed by atoms with Crippen molar-refractivity contribution >= 4 is 5.91 Å². The highest BCUT2D eigenvalue weighted by Gasteiger charge is 2.43. The Labute approximate surface area is 157 Å². The molecule has 146 valence electrons. The molecule has 1 fully saturated rings. The second kappa shape index (κ2) is 8.30. The summed E-state index contributed by atoms with van der Waals surface area (Å²) in [4.78, 5) is 12.6. The van der Waals surface area contributed by atoms with Crippen LogP contribution in [0.15, 0.2) is 18.2 Å². The standard InChI is InChI=1S/C21H33NO4/c1-15-11-20(2,3)13-21(12-15,14-23)22-19(24)7-6-16-8-17(25-4)10-18(9-16)26-5/h8-10,15,23H,6-7,11-14H2,1-5H3,(H,22,24)/t15-,21+/m0/s1. The van der Waals surface area contributed by atoms with Gasteiger partial charge in [0.05, 0.1) is 26.4 Å². The van der Waals surface area contributed by atoms with E-state index in [0.29, 0.717) is 18.8 Å². The van der Waals surface area contributed by atoms with Gasteiger partial charge in [0.25, 0.3) is 0 Å². The average Bonchev–Trinajstić information content (AvgIpc) is 2.57. The Morgan fingerprint density at radius 1 is 1.19 bits per heavy atom. The Balaban J connectivity index is 2.01. The maximum absolute atomic E-state index is 12.6. The van der Waals surface area contributed by atoms with Crippen LogP contribution in [-0.2, 0) is 11.2 Å². The van der Waals surface area contributed by atoms with Gasteiger partial charge in [-0.1, -0.05) is 20.8 Å². The van der Waals surface area contributed by atoms with Crippen LogP contribution in [0.5, 0.6) is 11.5 Å². The van der Waals surface area contributed by atoms with Crippen LogP contribution in [0.25, 0.3) is 0 Å². The highest BCUT2D eigenvalue weighted by molar-refractivity contribution is 5.77. The molecule has 26 heavy (non-hydrogen) atoms. The first-order valence-electron chi connectivity index (χ1n) is 9.35. The third-order valence-corrected chi connectivity index (χ3v) is 5.22. The number of benzene rings is 1. The molecule has 0 bridgehead atoms. The second-order valence-corrected chi connectivity index (χ2v) is 8.56. The van der Waals surface area contributed by atoms with Gasteiger partial charge in [-0.05, 0) is 54.7 Å². The van der Waals surface area contributed by atoms with Gasteiger partial charge >= 0.3 is 0 Å². The van der Waals surface area contributed by atoms with Crippen molar-refractivity contribution in [2.75, 3.05) is 20.8 Å². The molecule has 0 radical (unpaired) electrons. The fourth-order valence-electron chi connectivity index (χ4n) is 4.62. The zero-order valence-electron chi connectivity index (χ0n) is 16.7. The van der Waals surface area contributed by atoms with Gasteiger partial charge in [0.15, 0.2) is 0 Å². The summed E-state index contributed by atoms with van der Waals surface area (Å²) in [5, 5.41) is 13.2. The minimum atomic E-state index is -0.510. The van der Waals surface area contributed by atoms with Gasteiger partial charge in [-0.3, -0.25) is 4.79 Å². The smallest absolute Gasteiger partial charge is 0.220 e. The summed E-state index contributed by atoms with van der Waals surface area (Å²) in [5.74, 6) is 1.89. The van der Waals surface area contributed by atoms with Crippen molar-refractivity contribution in [1.82, 2.24) is 5.32 Å². The Morgan fingerprint density at radius 2 is 1.81 bits per heavy atom. The van der Waals surface area contributed by atoms with Crippen LogP contribution < -0.4 is 14.8 Å². The largest absolute Gasteiger partial charge is 0.497 e. The lowest BCUT2D eigenvalue weighted by molar-refractivity contribution is -0.125. The topological polar surface area (TPSA) is 67.8 Å². The van der Waals surface area contributed by atoms with Gasteiger partial charge in [-0.25, -0.2) is 0 Å². The van der Waals surface area contributed by atoms with Crippen LogP contribution in [0.3, 0.4) is 0 Å². The van der Waals surface area contributed by atoms with Crippen LogP contribution >= 0.6 is 0 Å². The maximum atomic E-state index is 12.6. The molecule has 5 nitrogen and oxygen atoms in total. The van der Waals surface area contributed by atoms with Gasteiger partial charge in [0.2, 0.25) is 5.91 Å². The number of rotatable bonds is 7. The van der Waals surface area contributed by atoms with E-state index in [0.717, 1.165) is 36.3 Å². The predicted octanol–water partition coefficient (Wildman–Crippen LogP) is 3.33. The predicted molar refractivity (Wildman–Crippen MR) is 103 cm³/mol. The van der Waals surface area contributed by atoms with Crippen molar-refractivity contribution in [1.29, 1.82) is 0 Å². The normalized spacial score (nSPS) is 24.8. The van der Waals surface area contributed by atoms with Crippen LogP contribution in [0, 0.1) is 11.3 Å². The molecule has 0 unspecified atom stereocenters. The number of ether oxygens (including phenoxy) is 2. The van der Waals surface area contributed by atoms with E-state index in [1.54, 1.807) is 14.2 Å². The van der Waals surface area contributed by atoms with Gasteiger partial charge in [0, 0.05) is 12.5 Å². The van der Waals surface area contributed by atoms with Crippen molar-refractivity contribution in [3.63, 3.8) is 0 Å². The Morgan fingerprint density at radius 3 is 2.31 bits per heavy atom. The quantitative estimate of drug-likeness (QED) is 0.780. The molecule has 2 rings (SSSR count). The summed E-state index contributed by atoms with van der Waals surface area (Å²) in [5.41, 5.74) is 0.602. The van der Waals surface area contributed by atoms with Crippen molar-refractivity contribution < 1.29 is 19.4 Å². The molecule has 0 heterocycles. The minimum Gasteiger partial charge on any atom is -0.497 e. The number of aryl methyl sites for hydroxylation is 1. The molecule has 1 saturated carbocycles. The van der Waals surface area contributed by atoms with E-state index in [-0.39, 0.29) is 17.9 Å². The number of carbonyl (C=O) groups is 1. The lowest BCUT2D eigenvalue weighted by Gasteiger charge is -2.47. The average molecular weight is 363 g/mol. The molecule has 1 aliphatic carbocycles. The van der Waals surface area contributed by atoms with E-state index in [2.05, 4.69) is 26.1 Å². The fraction of sp³-hybridized carbons (Fsp3) is 0.667. The molecule has 5 heteroatoms. The van der Waals surface area contributed by atoms with Crippen LogP contribution in [0.2, 0.25) is 0 Å². The zero-order valence-corrected chi connectivity index (χ0v) is 16.7. The molecule has 0 aliphatic heterocycles. The molecule has 2 N–H and O–H groups in total. The van der Waals surface area contributed by atoms with E-state index in [4.69, 9.17) is 9.47 Å². The van der Waals surface area contributed by atoms with Gasteiger partial charge in [-0.2, -0.15) is 0 Å². The number of hydrogen-bond donors (Lipinski definition) is 2. The molecule has 0 aromatic heterocycles. The van der Waals surface area contributed by atoms with E-state index in [1.807, 2.05) is 18.2 Å². The van der Waals surface area contributed by atoms with Gasteiger partial charge in [0.1, 0.15) is 11.5 Å². The number of hydrogen-bond acceptors (Lipinski definition) is 4. The number of nitrogens with one attached hydrogen (secondary N) is 1. The van der Waals surface area contributed by atoms with Crippen LogP contribution in [-0.4, -0.2) is 37.4 Å². The summed E-state index contributed by atoms with van der Waals surface area (Å²) >= 11 is 0. The number of aliphatic hydroxyl groups is 1. The SMILES string of the molecule is COc1cc(CCC(=O)N[C@]2(CO)C[C@@H](C)CC(C)(C)C2)cc(OC)c1. The zero-order chi connectivity index (χ0) is 19.4. The van der Waals surface area contributed by atoms with Gasteiger partial charge < -0.3 is 19.9 Å². The molecular formula is C21H33NO4.